The number of nitrogens with one attached hydrogen (secondary N) is 1. The van der Waals surface area contributed by atoms with Crippen LogP contribution >= 0.6 is 0 Å². The molecule has 2 amide bonds. The average Bonchev–Trinajstić information content (AvgIpc) is 3.07. The van der Waals surface area contributed by atoms with Gasteiger partial charge in [0.2, 0.25) is 5.91 Å². The molecule has 0 spiro atoms. The van der Waals surface area contributed by atoms with Gasteiger partial charge in [0.15, 0.2) is 6.10 Å². The number of esters is 1. The minimum Gasteiger partial charge on any atom is -0.460 e. The monoisotopic (exact) mass is 612 g/mol. The standard InChI is InChI=1S/C33H60N2O8/c1-23(2)16-14-12-10-8-7-9-11-13-15-17-28(37)43-25-19-20-26(33(41)35(5)22-25)34-32(40)31(42-6)30(39)29(38)27(36)21-18-24(3)4/h18,21,23-27,29-31,36,38-39H,7-17,19-20,22H2,1-6H3,(H,34,40)/b21-18+/t25-,26-,27+,29-,30+,31+/m0/s1. The lowest BCUT2D eigenvalue weighted by atomic mass is 10.00. The number of unbranched alkanes of at least 4 members (excludes halogenated alkanes) is 8. The highest BCUT2D eigenvalue weighted by Gasteiger charge is 2.38. The number of aliphatic hydroxyl groups is 3. The van der Waals surface area contributed by atoms with E-state index >= 15 is 0 Å². The summed E-state index contributed by atoms with van der Waals surface area (Å²) in [6.45, 7) is 8.55. The molecule has 0 unspecified atom stereocenters. The molecule has 0 saturated carbocycles. The van der Waals surface area contributed by atoms with Crippen LogP contribution in [0.2, 0.25) is 0 Å². The van der Waals surface area contributed by atoms with E-state index in [0.717, 1.165) is 25.2 Å². The second-order valence-electron chi connectivity index (χ2n) is 12.8. The summed E-state index contributed by atoms with van der Waals surface area (Å²) in [7, 11) is 2.78. The van der Waals surface area contributed by atoms with Gasteiger partial charge in [0.1, 0.15) is 30.5 Å². The maximum absolute atomic E-state index is 13.0. The van der Waals surface area contributed by atoms with Crippen molar-refractivity contribution < 1.29 is 39.2 Å². The van der Waals surface area contributed by atoms with Gasteiger partial charge >= 0.3 is 5.97 Å². The minimum atomic E-state index is -1.73. The molecule has 0 aliphatic carbocycles. The van der Waals surface area contributed by atoms with Gasteiger partial charge in [0.25, 0.3) is 5.91 Å². The summed E-state index contributed by atoms with van der Waals surface area (Å²) in [5.41, 5.74) is 0. The summed E-state index contributed by atoms with van der Waals surface area (Å²) in [5.74, 6) is -0.506. The number of likely N-dealkylation sites (tertiary alicyclic amines) is 1. The topological polar surface area (TPSA) is 146 Å². The highest BCUT2D eigenvalue weighted by atomic mass is 16.5. The molecule has 1 rings (SSSR count). The van der Waals surface area contributed by atoms with E-state index in [1.54, 1.807) is 13.1 Å². The molecule has 1 fully saturated rings. The number of hydrogen-bond acceptors (Lipinski definition) is 8. The Bertz CT molecular complexity index is 834. The number of rotatable bonds is 21. The lowest BCUT2D eigenvalue weighted by molar-refractivity contribution is -0.151. The van der Waals surface area contributed by atoms with Crippen molar-refractivity contribution in [3.8, 4) is 0 Å². The largest absolute Gasteiger partial charge is 0.460 e. The summed E-state index contributed by atoms with van der Waals surface area (Å²) in [5, 5.41) is 33.6. The summed E-state index contributed by atoms with van der Waals surface area (Å²) in [6, 6.07) is -0.913. The number of allylic oxidation sites excluding steroid dienone is 1. The molecule has 1 aliphatic rings. The lowest BCUT2D eigenvalue weighted by Gasteiger charge is -2.28. The van der Waals surface area contributed by atoms with Crippen LogP contribution in [0.25, 0.3) is 0 Å². The van der Waals surface area contributed by atoms with Gasteiger partial charge in [-0.3, -0.25) is 14.4 Å². The Hall–Kier alpha value is -2.01. The molecule has 0 aromatic rings. The van der Waals surface area contributed by atoms with Crippen molar-refractivity contribution >= 4 is 17.8 Å². The first kappa shape index (κ1) is 39.0. The molecule has 1 saturated heterocycles. The summed E-state index contributed by atoms with van der Waals surface area (Å²) in [6.07, 6.45) is 9.05. The Morgan fingerprint density at radius 1 is 0.907 bits per heavy atom. The molecule has 0 bridgehead atoms. The van der Waals surface area contributed by atoms with Crippen molar-refractivity contribution in [2.75, 3.05) is 20.7 Å². The van der Waals surface area contributed by atoms with Crippen LogP contribution in [0, 0.1) is 11.8 Å². The third-order valence-electron chi connectivity index (χ3n) is 7.92. The van der Waals surface area contributed by atoms with Crippen LogP contribution in [0.4, 0.5) is 0 Å². The second kappa shape index (κ2) is 21.7. The van der Waals surface area contributed by atoms with Crippen LogP contribution in [0.1, 0.15) is 111 Å². The summed E-state index contributed by atoms with van der Waals surface area (Å²) >= 11 is 0. The minimum absolute atomic E-state index is 0.121. The van der Waals surface area contributed by atoms with E-state index in [1.807, 2.05) is 13.8 Å². The Morgan fingerprint density at radius 3 is 2.05 bits per heavy atom. The van der Waals surface area contributed by atoms with Crippen molar-refractivity contribution in [2.45, 2.75) is 148 Å². The van der Waals surface area contributed by atoms with Gasteiger partial charge in [-0.15, -0.1) is 0 Å². The number of methoxy groups -OCH3 is 1. The van der Waals surface area contributed by atoms with E-state index in [9.17, 15) is 29.7 Å². The summed E-state index contributed by atoms with van der Waals surface area (Å²) < 4.78 is 10.8. The molecular weight excluding hydrogens is 552 g/mol. The van der Waals surface area contributed by atoms with Crippen molar-refractivity contribution in [1.29, 1.82) is 0 Å². The molecule has 250 valence electrons. The van der Waals surface area contributed by atoms with E-state index in [-0.39, 0.29) is 30.8 Å². The number of likely N-dealkylation sites (N-methyl/N-ethyl adjacent to an activating group) is 1. The van der Waals surface area contributed by atoms with E-state index in [4.69, 9.17) is 9.47 Å². The Morgan fingerprint density at radius 2 is 1.49 bits per heavy atom. The third-order valence-corrected chi connectivity index (χ3v) is 7.92. The van der Waals surface area contributed by atoms with Crippen LogP contribution in [-0.4, -0.2) is 95.3 Å². The first-order valence-corrected chi connectivity index (χ1v) is 16.4. The maximum atomic E-state index is 13.0. The Labute approximate surface area is 259 Å². The number of amides is 2. The highest BCUT2D eigenvalue weighted by Crippen LogP contribution is 2.18. The van der Waals surface area contributed by atoms with Gasteiger partial charge < -0.3 is 35.0 Å². The lowest BCUT2D eigenvalue weighted by Crippen LogP contribution is -2.55. The number of aliphatic hydroxyl groups excluding tert-OH is 3. The fraction of sp³-hybridized carbons (Fsp3) is 0.848. The van der Waals surface area contributed by atoms with Crippen molar-refractivity contribution in [3.05, 3.63) is 12.2 Å². The normalized spacial score (nSPS) is 20.7. The Kier molecular flexibility index (Phi) is 19.6. The molecule has 1 aliphatic heterocycles. The zero-order chi connectivity index (χ0) is 32.4. The second-order valence-corrected chi connectivity index (χ2v) is 12.8. The van der Waals surface area contributed by atoms with Gasteiger partial charge in [-0.25, -0.2) is 0 Å². The van der Waals surface area contributed by atoms with E-state index < -0.39 is 42.5 Å². The van der Waals surface area contributed by atoms with Crippen molar-refractivity contribution in [1.82, 2.24) is 10.2 Å². The number of ether oxygens (including phenoxy) is 2. The average molecular weight is 613 g/mol. The van der Waals surface area contributed by atoms with Crippen LogP contribution < -0.4 is 5.32 Å². The first-order chi connectivity index (χ1) is 20.4. The smallest absolute Gasteiger partial charge is 0.306 e. The zero-order valence-electron chi connectivity index (χ0n) is 27.5. The molecule has 0 radical (unpaired) electrons. The van der Waals surface area contributed by atoms with Crippen molar-refractivity contribution in [2.24, 2.45) is 11.8 Å². The predicted molar refractivity (Wildman–Crippen MR) is 167 cm³/mol. The van der Waals surface area contributed by atoms with Crippen LogP contribution in [0.5, 0.6) is 0 Å². The fourth-order valence-electron chi connectivity index (χ4n) is 5.25. The van der Waals surface area contributed by atoms with Crippen LogP contribution in [0.15, 0.2) is 12.2 Å². The number of nitrogens with zero attached hydrogens (tertiary/aromatic N) is 1. The number of hydrogen-bond donors (Lipinski definition) is 4. The molecule has 0 aromatic carbocycles. The van der Waals surface area contributed by atoms with Crippen molar-refractivity contribution in [3.63, 3.8) is 0 Å². The molecule has 6 atom stereocenters. The number of carbonyl (C=O) groups is 3. The van der Waals surface area contributed by atoms with E-state index in [1.165, 1.54) is 63.0 Å². The van der Waals surface area contributed by atoms with E-state index in [2.05, 4.69) is 19.2 Å². The van der Waals surface area contributed by atoms with Gasteiger partial charge in [-0.2, -0.15) is 0 Å². The molecule has 43 heavy (non-hydrogen) atoms. The molecule has 4 N–H and O–H groups in total. The number of carbonyl (C=O) groups excluding carboxylic acids is 3. The first-order valence-electron chi connectivity index (χ1n) is 16.4. The van der Waals surface area contributed by atoms with Gasteiger partial charge in [-0.05, 0) is 31.1 Å². The summed E-state index contributed by atoms with van der Waals surface area (Å²) in [4.78, 5) is 39.8. The maximum Gasteiger partial charge on any atom is 0.306 e. The molecule has 10 heteroatoms. The van der Waals surface area contributed by atoms with Crippen LogP contribution in [0.3, 0.4) is 0 Å². The van der Waals surface area contributed by atoms with E-state index in [0.29, 0.717) is 12.8 Å². The molecule has 1 heterocycles. The molecule has 0 aromatic heterocycles. The predicted octanol–water partition coefficient (Wildman–Crippen LogP) is 3.89. The van der Waals surface area contributed by atoms with Crippen LogP contribution in [-0.2, 0) is 23.9 Å². The molecule has 10 nitrogen and oxygen atoms in total. The quantitative estimate of drug-likeness (QED) is 0.0868. The fourth-order valence-corrected chi connectivity index (χ4v) is 5.25. The zero-order valence-corrected chi connectivity index (χ0v) is 27.5. The van der Waals surface area contributed by atoms with Gasteiger partial charge in [0.05, 0.1) is 6.54 Å². The highest BCUT2D eigenvalue weighted by molar-refractivity contribution is 5.89. The Balaban J connectivity index is 2.44. The van der Waals surface area contributed by atoms with Gasteiger partial charge in [-0.1, -0.05) is 97.6 Å². The SMILES string of the molecule is CO[C@@H](C(=O)N[C@H]1CC[C@H](OC(=O)CCCCCCCCCCCC(C)C)CN(C)C1=O)[C@H](O)[C@@H](O)[C@H](O)/C=C/C(C)C. The third kappa shape index (κ3) is 16.0. The molecular formula is C33H60N2O8. The van der Waals surface area contributed by atoms with Gasteiger partial charge in [0, 0.05) is 20.6 Å².